The van der Waals surface area contributed by atoms with E-state index in [1.807, 2.05) is 0 Å². The monoisotopic (exact) mass is 292 g/mol. The van der Waals surface area contributed by atoms with E-state index in [2.05, 4.69) is 6.92 Å². The predicted octanol–water partition coefficient (Wildman–Crippen LogP) is 2.85. The second kappa shape index (κ2) is 4.77. The number of halogens is 1. The fourth-order valence-electron chi connectivity index (χ4n) is 3.37. The molecule has 0 aromatic heterocycles. The standard InChI is InChI=1S/C15H17ClN2O2/c1-2-8-5-10-11(6-8)15(20)18(14(10)19)9-3-4-13(17)12(16)7-9/h3-4,7-8,10-11H,2,5-6,17H2,1H3. The minimum absolute atomic E-state index is 0.0863. The van der Waals surface area contributed by atoms with Crippen LogP contribution in [0.2, 0.25) is 5.02 Å². The maximum Gasteiger partial charge on any atom is 0.237 e. The van der Waals surface area contributed by atoms with Crippen LogP contribution >= 0.6 is 11.6 Å². The highest BCUT2D eigenvalue weighted by molar-refractivity contribution is 6.33. The van der Waals surface area contributed by atoms with E-state index in [0.29, 0.717) is 22.3 Å². The summed E-state index contributed by atoms with van der Waals surface area (Å²) in [5.74, 6) is 0.0242. The summed E-state index contributed by atoms with van der Waals surface area (Å²) in [6.45, 7) is 2.11. The molecule has 5 heteroatoms. The number of nitrogens with zero attached hydrogens (tertiary/aromatic N) is 1. The van der Waals surface area contributed by atoms with E-state index in [4.69, 9.17) is 17.3 Å². The first-order chi connectivity index (χ1) is 9.52. The summed E-state index contributed by atoms with van der Waals surface area (Å²) < 4.78 is 0. The highest BCUT2D eigenvalue weighted by atomic mass is 35.5. The molecule has 0 bridgehead atoms. The van der Waals surface area contributed by atoms with Gasteiger partial charge in [0.25, 0.3) is 0 Å². The van der Waals surface area contributed by atoms with Crippen molar-refractivity contribution in [3.05, 3.63) is 23.2 Å². The van der Waals surface area contributed by atoms with E-state index >= 15 is 0 Å². The molecule has 1 aromatic carbocycles. The van der Waals surface area contributed by atoms with E-state index in [-0.39, 0.29) is 23.7 Å². The van der Waals surface area contributed by atoms with E-state index in [1.54, 1.807) is 18.2 Å². The number of amides is 2. The van der Waals surface area contributed by atoms with Gasteiger partial charge in [0.1, 0.15) is 0 Å². The number of carbonyl (C=O) groups is 2. The van der Waals surface area contributed by atoms with E-state index in [1.165, 1.54) is 4.90 Å². The van der Waals surface area contributed by atoms with Gasteiger partial charge >= 0.3 is 0 Å². The van der Waals surface area contributed by atoms with Crippen molar-refractivity contribution in [3.63, 3.8) is 0 Å². The van der Waals surface area contributed by atoms with Crippen LogP contribution in [0.4, 0.5) is 11.4 Å². The van der Waals surface area contributed by atoms with Gasteiger partial charge in [0.05, 0.1) is 28.2 Å². The first-order valence-electron chi connectivity index (χ1n) is 6.95. The molecule has 2 fully saturated rings. The molecule has 2 atom stereocenters. The molecule has 2 aliphatic rings. The molecule has 0 spiro atoms. The Morgan fingerprint density at radius 1 is 1.25 bits per heavy atom. The molecule has 4 nitrogen and oxygen atoms in total. The van der Waals surface area contributed by atoms with Gasteiger partial charge in [0.2, 0.25) is 11.8 Å². The Balaban J connectivity index is 1.91. The number of carbonyl (C=O) groups excluding carboxylic acids is 2. The van der Waals surface area contributed by atoms with Gasteiger partial charge in [0, 0.05) is 0 Å². The van der Waals surface area contributed by atoms with Gasteiger partial charge in [-0.15, -0.1) is 0 Å². The lowest BCUT2D eigenvalue weighted by atomic mass is 10.00. The molecule has 1 aromatic rings. The zero-order valence-electron chi connectivity index (χ0n) is 11.3. The number of benzene rings is 1. The summed E-state index contributed by atoms with van der Waals surface area (Å²) in [6, 6.07) is 4.89. The van der Waals surface area contributed by atoms with E-state index < -0.39 is 0 Å². The molecule has 0 radical (unpaired) electrons. The number of fused-ring (bicyclic) bond motifs is 1. The average molecular weight is 293 g/mol. The number of hydrogen-bond acceptors (Lipinski definition) is 3. The molecular formula is C15H17ClN2O2. The van der Waals surface area contributed by atoms with Crippen molar-refractivity contribution in [2.45, 2.75) is 26.2 Å². The molecular weight excluding hydrogens is 276 g/mol. The number of anilines is 2. The number of rotatable bonds is 2. The topological polar surface area (TPSA) is 63.4 Å². The Bertz CT molecular complexity index is 563. The first-order valence-corrected chi connectivity index (χ1v) is 7.33. The molecule has 2 amide bonds. The van der Waals surface area contributed by atoms with Crippen LogP contribution in [-0.2, 0) is 9.59 Å². The summed E-state index contributed by atoms with van der Waals surface area (Å²) in [7, 11) is 0. The van der Waals surface area contributed by atoms with Crippen LogP contribution in [0.1, 0.15) is 26.2 Å². The minimum atomic E-state index is -0.149. The Morgan fingerprint density at radius 3 is 2.35 bits per heavy atom. The van der Waals surface area contributed by atoms with Crippen LogP contribution in [-0.4, -0.2) is 11.8 Å². The van der Waals surface area contributed by atoms with Gasteiger partial charge in [0.15, 0.2) is 0 Å². The lowest BCUT2D eigenvalue weighted by molar-refractivity contribution is -0.123. The molecule has 1 aliphatic carbocycles. The van der Waals surface area contributed by atoms with Crippen LogP contribution in [0.15, 0.2) is 18.2 Å². The van der Waals surface area contributed by atoms with E-state index in [0.717, 1.165) is 19.3 Å². The predicted molar refractivity (Wildman–Crippen MR) is 78.4 cm³/mol. The van der Waals surface area contributed by atoms with Gasteiger partial charge < -0.3 is 5.73 Å². The zero-order valence-corrected chi connectivity index (χ0v) is 12.1. The van der Waals surface area contributed by atoms with Crippen molar-refractivity contribution in [2.24, 2.45) is 17.8 Å². The van der Waals surface area contributed by atoms with Crippen molar-refractivity contribution in [3.8, 4) is 0 Å². The van der Waals surface area contributed by atoms with Crippen LogP contribution in [0, 0.1) is 17.8 Å². The van der Waals surface area contributed by atoms with Gasteiger partial charge in [-0.3, -0.25) is 14.5 Å². The van der Waals surface area contributed by atoms with Gasteiger partial charge in [-0.1, -0.05) is 24.9 Å². The SMILES string of the molecule is CCC1CC2C(=O)N(c3ccc(N)c(Cl)c3)C(=O)C2C1. The van der Waals surface area contributed by atoms with E-state index in [9.17, 15) is 9.59 Å². The van der Waals surface area contributed by atoms with Gasteiger partial charge in [-0.2, -0.15) is 0 Å². The van der Waals surface area contributed by atoms with Crippen LogP contribution < -0.4 is 10.6 Å². The Labute approximate surface area is 122 Å². The summed E-state index contributed by atoms with van der Waals surface area (Å²) in [5, 5.41) is 0.367. The van der Waals surface area contributed by atoms with Crippen molar-refractivity contribution in [1.82, 2.24) is 0 Å². The first kappa shape index (κ1) is 13.4. The molecule has 1 heterocycles. The summed E-state index contributed by atoms with van der Waals surface area (Å²) in [4.78, 5) is 26.3. The number of imide groups is 1. The number of hydrogen-bond donors (Lipinski definition) is 1. The smallest absolute Gasteiger partial charge is 0.237 e. The second-order valence-electron chi connectivity index (χ2n) is 5.68. The molecule has 106 valence electrons. The lowest BCUT2D eigenvalue weighted by Crippen LogP contribution is -2.32. The summed E-state index contributed by atoms with van der Waals surface area (Å²) in [5.41, 5.74) is 6.64. The highest BCUT2D eigenvalue weighted by Crippen LogP contribution is 2.45. The zero-order chi connectivity index (χ0) is 14.4. The Hall–Kier alpha value is -1.55. The quantitative estimate of drug-likeness (QED) is 0.673. The molecule has 1 saturated heterocycles. The van der Waals surface area contributed by atoms with Crippen molar-refractivity contribution in [2.75, 3.05) is 10.6 Å². The lowest BCUT2D eigenvalue weighted by Gasteiger charge is -2.18. The van der Waals surface area contributed by atoms with Crippen molar-refractivity contribution in [1.29, 1.82) is 0 Å². The van der Waals surface area contributed by atoms with Gasteiger partial charge in [-0.05, 0) is 37.0 Å². The van der Waals surface area contributed by atoms with Crippen molar-refractivity contribution < 1.29 is 9.59 Å². The normalized spacial score (nSPS) is 29.1. The largest absolute Gasteiger partial charge is 0.398 e. The molecule has 1 saturated carbocycles. The molecule has 1 aliphatic heterocycles. The fraction of sp³-hybridized carbons (Fsp3) is 0.467. The highest BCUT2D eigenvalue weighted by Gasteiger charge is 2.52. The number of nitrogen functional groups attached to an aromatic ring is 1. The molecule has 2 N–H and O–H groups in total. The third-order valence-electron chi connectivity index (χ3n) is 4.55. The maximum absolute atomic E-state index is 12.5. The Morgan fingerprint density at radius 2 is 1.85 bits per heavy atom. The van der Waals surface area contributed by atoms with Gasteiger partial charge in [-0.25, -0.2) is 0 Å². The van der Waals surface area contributed by atoms with Crippen LogP contribution in [0.25, 0.3) is 0 Å². The molecule has 3 rings (SSSR count). The summed E-state index contributed by atoms with van der Waals surface area (Å²) in [6.07, 6.45) is 2.68. The molecule has 2 unspecified atom stereocenters. The third-order valence-corrected chi connectivity index (χ3v) is 4.88. The average Bonchev–Trinajstić information content (AvgIpc) is 2.94. The third kappa shape index (κ3) is 1.90. The summed E-state index contributed by atoms with van der Waals surface area (Å²) >= 11 is 5.98. The fourth-order valence-corrected chi connectivity index (χ4v) is 3.55. The Kier molecular flexibility index (Phi) is 3.21. The number of nitrogens with two attached hydrogens (primary N) is 1. The van der Waals surface area contributed by atoms with Crippen LogP contribution in [0.3, 0.4) is 0 Å². The molecule has 20 heavy (non-hydrogen) atoms. The maximum atomic E-state index is 12.5. The minimum Gasteiger partial charge on any atom is -0.398 e. The second-order valence-corrected chi connectivity index (χ2v) is 6.08. The van der Waals surface area contributed by atoms with Crippen molar-refractivity contribution >= 4 is 34.8 Å². The van der Waals surface area contributed by atoms with Crippen LogP contribution in [0.5, 0.6) is 0 Å².